The van der Waals surface area contributed by atoms with E-state index in [0.29, 0.717) is 0 Å². The van der Waals surface area contributed by atoms with Gasteiger partial charge in [0.25, 0.3) is 5.79 Å². The molecule has 4 nitrogen and oxygen atoms in total. The van der Waals surface area contributed by atoms with Gasteiger partial charge in [-0.15, -0.1) is 0 Å². The molecule has 0 amide bonds. The first-order chi connectivity index (χ1) is 6.34. The molecule has 1 rings (SSSR count). The standard InChI is InChI=1S/C7H8O4.C3H8/c1-4-5(8)10-7(2,3)11-6(4)9;1-3-2/h1H2,2-3H3;3H2,1-2H3. The van der Waals surface area contributed by atoms with Crippen molar-refractivity contribution >= 4 is 11.9 Å². The molecule has 80 valence electrons. The van der Waals surface area contributed by atoms with Crippen LogP contribution in [0, 0.1) is 0 Å². The van der Waals surface area contributed by atoms with E-state index in [1.807, 2.05) is 0 Å². The SMILES string of the molecule is C=C1C(=O)OC(C)(C)OC1=O.CCC. The summed E-state index contributed by atoms with van der Waals surface area (Å²) in [6.45, 7) is 10.4. The van der Waals surface area contributed by atoms with E-state index in [2.05, 4.69) is 29.9 Å². The van der Waals surface area contributed by atoms with Gasteiger partial charge in [-0.2, -0.15) is 0 Å². The van der Waals surface area contributed by atoms with E-state index < -0.39 is 17.7 Å². The number of rotatable bonds is 0. The number of hydrogen-bond donors (Lipinski definition) is 0. The van der Waals surface area contributed by atoms with Gasteiger partial charge in [0.05, 0.1) is 0 Å². The summed E-state index contributed by atoms with van der Waals surface area (Å²) in [5.41, 5.74) is -0.260. The molecule has 1 heterocycles. The van der Waals surface area contributed by atoms with Crippen LogP contribution in [0.25, 0.3) is 0 Å². The van der Waals surface area contributed by atoms with Crippen molar-refractivity contribution < 1.29 is 19.1 Å². The summed E-state index contributed by atoms with van der Waals surface area (Å²) >= 11 is 0. The summed E-state index contributed by atoms with van der Waals surface area (Å²) in [6.07, 6.45) is 1.25. The van der Waals surface area contributed by atoms with Gasteiger partial charge in [0.15, 0.2) is 0 Å². The number of cyclic esters (lactones) is 2. The van der Waals surface area contributed by atoms with Crippen LogP contribution in [0.4, 0.5) is 0 Å². The highest BCUT2D eigenvalue weighted by Gasteiger charge is 2.37. The number of esters is 2. The average Bonchev–Trinajstić information content (AvgIpc) is 2.00. The largest absolute Gasteiger partial charge is 0.419 e. The Bertz CT molecular complexity index is 231. The minimum absolute atomic E-state index is 0.260. The fraction of sp³-hybridized carbons (Fsp3) is 0.600. The summed E-state index contributed by atoms with van der Waals surface area (Å²) in [6, 6.07) is 0. The van der Waals surface area contributed by atoms with Crippen molar-refractivity contribution in [1.82, 2.24) is 0 Å². The van der Waals surface area contributed by atoms with Gasteiger partial charge in [-0.25, -0.2) is 9.59 Å². The monoisotopic (exact) mass is 200 g/mol. The van der Waals surface area contributed by atoms with Gasteiger partial charge in [-0.3, -0.25) is 0 Å². The minimum Gasteiger partial charge on any atom is -0.419 e. The lowest BCUT2D eigenvalue weighted by Crippen LogP contribution is -2.41. The quantitative estimate of drug-likeness (QED) is 0.340. The topological polar surface area (TPSA) is 52.6 Å². The lowest BCUT2D eigenvalue weighted by Gasteiger charge is -2.29. The Kier molecular flexibility index (Phi) is 4.34. The first-order valence-electron chi connectivity index (χ1n) is 4.49. The zero-order valence-electron chi connectivity index (χ0n) is 9.05. The maximum absolute atomic E-state index is 10.8. The molecule has 0 radical (unpaired) electrons. The van der Waals surface area contributed by atoms with Crippen molar-refractivity contribution in [2.75, 3.05) is 0 Å². The molecule has 14 heavy (non-hydrogen) atoms. The molecule has 0 aromatic carbocycles. The molecule has 0 saturated carbocycles. The molecule has 0 aromatic heterocycles. The lowest BCUT2D eigenvalue weighted by atomic mass is 10.2. The van der Waals surface area contributed by atoms with Crippen LogP contribution in [-0.2, 0) is 19.1 Å². The summed E-state index contributed by atoms with van der Waals surface area (Å²) in [4.78, 5) is 21.6. The van der Waals surface area contributed by atoms with E-state index in [0.717, 1.165) is 0 Å². The molecule has 0 aromatic rings. The molecule has 1 aliphatic heterocycles. The summed E-state index contributed by atoms with van der Waals surface area (Å²) < 4.78 is 9.35. The predicted octanol–water partition coefficient (Wildman–Crippen LogP) is 1.79. The van der Waals surface area contributed by atoms with Crippen molar-refractivity contribution in [2.45, 2.75) is 39.9 Å². The number of carbonyl (C=O) groups is 2. The van der Waals surface area contributed by atoms with Crippen LogP contribution < -0.4 is 0 Å². The highest BCUT2D eigenvalue weighted by molar-refractivity contribution is 6.14. The van der Waals surface area contributed by atoms with Crippen LogP contribution in [0.1, 0.15) is 34.1 Å². The molecule has 0 spiro atoms. The molecule has 1 aliphatic rings. The third-order valence-electron chi connectivity index (χ3n) is 1.17. The Balaban J connectivity index is 0.000000500. The first kappa shape index (κ1) is 12.7. The van der Waals surface area contributed by atoms with E-state index in [4.69, 9.17) is 0 Å². The summed E-state index contributed by atoms with van der Waals surface area (Å²) in [7, 11) is 0. The molecule has 0 N–H and O–H groups in total. The zero-order valence-corrected chi connectivity index (χ0v) is 9.05. The van der Waals surface area contributed by atoms with Gasteiger partial charge in [-0.05, 0) is 0 Å². The first-order valence-corrected chi connectivity index (χ1v) is 4.49. The van der Waals surface area contributed by atoms with Crippen LogP contribution >= 0.6 is 0 Å². The molecule has 0 aliphatic carbocycles. The van der Waals surface area contributed by atoms with Crippen molar-refractivity contribution in [3.05, 3.63) is 12.2 Å². The van der Waals surface area contributed by atoms with Crippen LogP contribution in [0.15, 0.2) is 12.2 Å². The third kappa shape index (κ3) is 3.60. The molecular formula is C10H16O4. The average molecular weight is 200 g/mol. The third-order valence-corrected chi connectivity index (χ3v) is 1.17. The lowest BCUT2D eigenvalue weighted by molar-refractivity contribution is -0.222. The number of hydrogen-bond acceptors (Lipinski definition) is 4. The maximum Gasteiger partial charge on any atom is 0.348 e. The van der Waals surface area contributed by atoms with Crippen molar-refractivity contribution in [2.24, 2.45) is 0 Å². The highest BCUT2D eigenvalue weighted by atomic mass is 16.7. The molecular weight excluding hydrogens is 184 g/mol. The fourth-order valence-electron chi connectivity index (χ4n) is 0.674. The van der Waals surface area contributed by atoms with E-state index in [1.54, 1.807) is 0 Å². The van der Waals surface area contributed by atoms with E-state index >= 15 is 0 Å². The zero-order chi connectivity index (χ0) is 11.4. The Morgan fingerprint density at radius 2 is 1.43 bits per heavy atom. The summed E-state index contributed by atoms with van der Waals surface area (Å²) in [5.74, 6) is -2.59. The van der Waals surface area contributed by atoms with Crippen LogP contribution in [-0.4, -0.2) is 17.7 Å². The van der Waals surface area contributed by atoms with Crippen molar-refractivity contribution in [3.8, 4) is 0 Å². The molecule has 0 atom stereocenters. The second-order valence-corrected chi connectivity index (χ2v) is 3.36. The minimum atomic E-state index is -1.16. The Labute approximate surface area is 83.9 Å². The number of carbonyl (C=O) groups excluding carboxylic acids is 2. The normalized spacial score (nSPS) is 19.0. The second kappa shape index (κ2) is 4.79. The fourth-order valence-corrected chi connectivity index (χ4v) is 0.674. The van der Waals surface area contributed by atoms with Gasteiger partial charge in [-0.1, -0.05) is 26.8 Å². The van der Waals surface area contributed by atoms with Gasteiger partial charge in [0, 0.05) is 13.8 Å². The molecule has 0 bridgehead atoms. The van der Waals surface area contributed by atoms with Gasteiger partial charge in [0.1, 0.15) is 5.57 Å². The van der Waals surface area contributed by atoms with Gasteiger partial charge >= 0.3 is 11.9 Å². The van der Waals surface area contributed by atoms with Gasteiger partial charge in [0.2, 0.25) is 0 Å². The smallest absolute Gasteiger partial charge is 0.348 e. The van der Waals surface area contributed by atoms with Crippen LogP contribution in [0.5, 0.6) is 0 Å². The Hall–Kier alpha value is -1.32. The molecule has 4 heteroatoms. The van der Waals surface area contributed by atoms with E-state index in [9.17, 15) is 9.59 Å². The van der Waals surface area contributed by atoms with Gasteiger partial charge < -0.3 is 9.47 Å². The van der Waals surface area contributed by atoms with E-state index in [1.165, 1.54) is 20.3 Å². The number of ether oxygens (including phenoxy) is 2. The highest BCUT2D eigenvalue weighted by Crippen LogP contribution is 2.20. The molecule has 0 unspecified atom stereocenters. The molecule has 1 saturated heterocycles. The summed E-state index contributed by atoms with van der Waals surface area (Å²) in [5, 5.41) is 0. The van der Waals surface area contributed by atoms with E-state index in [-0.39, 0.29) is 5.57 Å². The predicted molar refractivity (Wildman–Crippen MR) is 51.4 cm³/mol. The Morgan fingerprint density at radius 3 is 1.71 bits per heavy atom. The molecule has 1 fully saturated rings. The van der Waals surface area contributed by atoms with Crippen LogP contribution in [0.2, 0.25) is 0 Å². The van der Waals surface area contributed by atoms with Crippen molar-refractivity contribution in [3.63, 3.8) is 0 Å². The van der Waals surface area contributed by atoms with Crippen LogP contribution in [0.3, 0.4) is 0 Å². The van der Waals surface area contributed by atoms with Crippen molar-refractivity contribution in [1.29, 1.82) is 0 Å². The Morgan fingerprint density at radius 1 is 1.14 bits per heavy atom. The second-order valence-electron chi connectivity index (χ2n) is 3.36. The maximum atomic E-state index is 10.8.